The van der Waals surface area contributed by atoms with Crippen molar-refractivity contribution in [1.29, 1.82) is 0 Å². The summed E-state index contributed by atoms with van der Waals surface area (Å²) in [5, 5.41) is 5.58. The smallest absolute Gasteiger partial charge is 0.240 e. The molecule has 0 fully saturated rings. The van der Waals surface area contributed by atoms with Gasteiger partial charge in [-0.25, -0.2) is 4.98 Å². The number of aromatic nitrogens is 1. The van der Waals surface area contributed by atoms with E-state index in [0.717, 1.165) is 22.3 Å². The molecule has 0 aliphatic heterocycles. The Balaban J connectivity index is 1.66. The molecule has 1 aromatic heterocycles. The van der Waals surface area contributed by atoms with Gasteiger partial charge in [0.1, 0.15) is 12.4 Å². The average Bonchev–Trinajstić information content (AvgIpc) is 2.79. The van der Waals surface area contributed by atoms with Gasteiger partial charge in [0, 0.05) is 31.3 Å². The molecule has 0 spiro atoms. The lowest BCUT2D eigenvalue weighted by Crippen LogP contribution is -2.41. The van der Waals surface area contributed by atoms with Crippen LogP contribution >= 0.6 is 0 Å². The Morgan fingerprint density at radius 1 is 0.824 bits per heavy atom. The largest absolute Gasteiger partial charge is 0.350 e. The van der Waals surface area contributed by atoms with Crippen molar-refractivity contribution in [3.05, 3.63) is 89.1 Å². The number of benzene rings is 2. The number of anilines is 2. The summed E-state index contributed by atoms with van der Waals surface area (Å²) in [4.78, 5) is 43.8. The second kappa shape index (κ2) is 11.7. The molecule has 0 atom stereocenters. The highest BCUT2D eigenvalue weighted by molar-refractivity contribution is 6.01. The average molecular weight is 459 g/mol. The number of carbonyl (C=O) groups excluding carboxylic acids is 3. The first-order chi connectivity index (χ1) is 16.3. The Morgan fingerprint density at radius 3 is 2.21 bits per heavy atom. The van der Waals surface area contributed by atoms with Crippen LogP contribution in [0.15, 0.2) is 66.9 Å². The van der Waals surface area contributed by atoms with Gasteiger partial charge in [0.05, 0.1) is 0 Å². The summed E-state index contributed by atoms with van der Waals surface area (Å²) >= 11 is 0. The summed E-state index contributed by atoms with van der Waals surface area (Å²) in [6.07, 6.45) is 1.57. The molecular weight excluding hydrogens is 428 g/mol. The second-order valence-corrected chi connectivity index (χ2v) is 8.35. The van der Waals surface area contributed by atoms with Gasteiger partial charge in [0.25, 0.3) is 0 Å². The summed E-state index contributed by atoms with van der Waals surface area (Å²) in [6, 6.07) is 18.9. The maximum absolute atomic E-state index is 13.1. The van der Waals surface area contributed by atoms with Gasteiger partial charge in [0.2, 0.25) is 17.7 Å². The van der Waals surface area contributed by atoms with Crippen LogP contribution in [-0.2, 0) is 20.9 Å². The number of pyridine rings is 1. The van der Waals surface area contributed by atoms with Crippen LogP contribution in [0, 0.1) is 20.8 Å². The molecule has 0 saturated heterocycles. The van der Waals surface area contributed by atoms with Gasteiger partial charge in [-0.2, -0.15) is 0 Å². The van der Waals surface area contributed by atoms with Crippen LogP contribution in [0.3, 0.4) is 0 Å². The molecule has 0 bridgehead atoms. The zero-order chi connectivity index (χ0) is 24.5. The van der Waals surface area contributed by atoms with E-state index in [1.54, 1.807) is 12.3 Å². The molecule has 0 aliphatic rings. The first-order valence-electron chi connectivity index (χ1n) is 11.2. The summed E-state index contributed by atoms with van der Waals surface area (Å²) in [6.45, 7) is 6.04. The van der Waals surface area contributed by atoms with Crippen molar-refractivity contribution >= 4 is 29.2 Å². The quantitative estimate of drug-likeness (QED) is 0.506. The number of hydrogen-bond donors (Lipinski definition) is 2. The molecule has 0 radical (unpaired) electrons. The van der Waals surface area contributed by atoms with E-state index in [1.165, 1.54) is 4.90 Å². The van der Waals surface area contributed by atoms with E-state index in [9.17, 15) is 14.4 Å². The number of nitrogens with one attached hydrogen (secondary N) is 2. The minimum absolute atomic E-state index is 0.0125. The van der Waals surface area contributed by atoms with Gasteiger partial charge in [-0.1, -0.05) is 36.4 Å². The minimum Gasteiger partial charge on any atom is -0.350 e. The summed E-state index contributed by atoms with van der Waals surface area (Å²) < 4.78 is 0. The van der Waals surface area contributed by atoms with Gasteiger partial charge < -0.3 is 15.5 Å². The minimum atomic E-state index is -0.305. The molecule has 0 aliphatic carbocycles. The van der Waals surface area contributed by atoms with Crippen molar-refractivity contribution in [1.82, 2.24) is 10.3 Å². The van der Waals surface area contributed by atoms with Crippen molar-refractivity contribution in [2.45, 2.75) is 40.2 Å². The topological polar surface area (TPSA) is 91.4 Å². The highest BCUT2D eigenvalue weighted by atomic mass is 16.2. The van der Waals surface area contributed by atoms with Crippen molar-refractivity contribution in [2.75, 3.05) is 16.8 Å². The molecule has 3 amide bonds. The van der Waals surface area contributed by atoms with Gasteiger partial charge in [-0.15, -0.1) is 0 Å². The van der Waals surface area contributed by atoms with Gasteiger partial charge in [0.15, 0.2) is 0 Å². The number of amides is 3. The van der Waals surface area contributed by atoms with E-state index >= 15 is 0 Å². The summed E-state index contributed by atoms with van der Waals surface area (Å²) in [5.74, 6) is -0.429. The molecule has 2 N–H and O–H groups in total. The summed E-state index contributed by atoms with van der Waals surface area (Å²) in [7, 11) is 0. The standard InChI is InChI=1S/C27H30N4O3/c1-19-11-12-28-24(16-19)30-25(32)9-10-27(34)31(23-14-20(2)13-21(3)15-23)18-26(33)29-17-22-7-5-4-6-8-22/h4-8,11-16H,9-10,17-18H2,1-3H3,(H,29,33)(H,28,30,32). The molecule has 1 heterocycles. The van der Waals surface area contributed by atoms with Crippen molar-refractivity contribution < 1.29 is 14.4 Å². The zero-order valence-corrected chi connectivity index (χ0v) is 19.8. The zero-order valence-electron chi connectivity index (χ0n) is 19.8. The Kier molecular flexibility index (Phi) is 8.51. The fourth-order valence-electron chi connectivity index (χ4n) is 3.59. The van der Waals surface area contributed by atoms with E-state index in [2.05, 4.69) is 15.6 Å². The number of aryl methyl sites for hydroxylation is 3. The van der Waals surface area contributed by atoms with Crippen LogP contribution in [-0.4, -0.2) is 29.3 Å². The monoisotopic (exact) mass is 458 g/mol. The van der Waals surface area contributed by atoms with Crippen molar-refractivity contribution in [2.24, 2.45) is 0 Å². The van der Waals surface area contributed by atoms with E-state index in [0.29, 0.717) is 18.1 Å². The Morgan fingerprint density at radius 2 is 1.53 bits per heavy atom. The predicted octanol–water partition coefficient (Wildman–Crippen LogP) is 4.08. The van der Waals surface area contributed by atoms with Crippen molar-refractivity contribution in [3.8, 4) is 0 Å². The third kappa shape index (κ3) is 7.55. The lowest BCUT2D eigenvalue weighted by atomic mass is 10.1. The molecule has 34 heavy (non-hydrogen) atoms. The fourth-order valence-corrected chi connectivity index (χ4v) is 3.59. The third-order valence-electron chi connectivity index (χ3n) is 5.20. The lowest BCUT2D eigenvalue weighted by molar-refractivity contribution is -0.125. The van der Waals surface area contributed by atoms with Crippen LogP contribution in [0.5, 0.6) is 0 Å². The van der Waals surface area contributed by atoms with Crippen LogP contribution in [0.1, 0.15) is 35.1 Å². The Labute approximate surface area is 200 Å². The third-order valence-corrected chi connectivity index (χ3v) is 5.20. The highest BCUT2D eigenvalue weighted by Crippen LogP contribution is 2.20. The van der Waals surface area contributed by atoms with Crippen molar-refractivity contribution in [3.63, 3.8) is 0 Å². The van der Waals surface area contributed by atoms with Gasteiger partial charge >= 0.3 is 0 Å². The van der Waals surface area contributed by atoms with E-state index in [1.807, 2.05) is 75.4 Å². The summed E-state index contributed by atoms with van der Waals surface area (Å²) in [5.41, 5.74) is 4.56. The lowest BCUT2D eigenvalue weighted by Gasteiger charge is -2.23. The number of nitrogens with zero attached hydrogens (tertiary/aromatic N) is 2. The first-order valence-corrected chi connectivity index (χ1v) is 11.2. The molecule has 7 heteroatoms. The van der Waals surface area contributed by atoms with Gasteiger partial charge in [-0.05, 0) is 67.3 Å². The molecule has 3 aromatic rings. The fraction of sp³-hybridized carbons (Fsp3) is 0.259. The van der Waals surface area contributed by atoms with Crippen LogP contribution < -0.4 is 15.5 Å². The molecule has 3 rings (SSSR count). The molecule has 0 saturated carbocycles. The van der Waals surface area contributed by atoms with E-state index in [-0.39, 0.29) is 37.1 Å². The molecular formula is C27H30N4O3. The highest BCUT2D eigenvalue weighted by Gasteiger charge is 2.21. The maximum Gasteiger partial charge on any atom is 0.240 e. The maximum atomic E-state index is 13.1. The molecule has 2 aromatic carbocycles. The first kappa shape index (κ1) is 24.6. The Bertz CT molecular complexity index is 1140. The number of carbonyl (C=O) groups is 3. The molecule has 176 valence electrons. The second-order valence-electron chi connectivity index (χ2n) is 8.35. The van der Waals surface area contributed by atoms with Crippen LogP contribution in [0.2, 0.25) is 0 Å². The van der Waals surface area contributed by atoms with E-state index < -0.39 is 0 Å². The number of hydrogen-bond acceptors (Lipinski definition) is 4. The normalized spacial score (nSPS) is 10.4. The Hall–Kier alpha value is -4.00. The van der Waals surface area contributed by atoms with E-state index in [4.69, 9.17) is 0 Å². The number of rotatable bonds is 9. The molecule has 0 unspecified atom stereocenters. The SMILES string of the molecule is Cc1cc(C)cc(N(CC(=O)NCc2ccccc2)C(=O)CCC(=O)Nc2cc(C)ccn2)c1. The predicted molar refractivity (Wildman–Crippen MR) is 133 cm³/mol. The van der Waals surface area contributed by atoms with Crippen LogP contribution in [0.4, 0.5) is 11.5 Å². The van der Waals surface area contributed by atoms with Gasteiger partial charge in [-0.3, -0.25) is 14.4 Å². The van der Waals surface area contributed by atoms with Crippen LogP contribution in [0.25, 0.3) is 0 Å². The molecule has 7 nitrogen and oxygen atoms in total.